The molecule has 0 unspecified atom stereocenters. The Balaban J connectivity index is 1.30. The lowest BCUT2D eigenvalue weighted by atomic mass is 9.84. The Morgan fingerprint density at radius 3 is 2.73 bits per heavy atom. The number of amides is 1. The molecule has 0 saturated heterocycles. The fourth-order valence-electron chi connectivity index (χ4n) is 4.00. The normalized spacial score (nSPS) is 15.7. The molecule has 0 fully saturated rings. The Kier molecular flexibility index (Phi) is 5.15. The molecule has 2 aromatic carbocycles. The van der Waals surface area contributed by atoms with E-state index in [4.69, 9.17) is 4.42 Å². The predicted octanol–water partition coefficient (Wildman–Crippen LogP) is 4.91. The second-order valence-electron chi connectivity index (χ2n) is 7.45. The molecular formula is C24H21N3O2S. The van der Waals surface area contributed by atoms with Crippen LogP contribution in [-0.2, 0) is 17.8 Å². The number of thiophene rings is 1. The second kappa shape index (κ2) is 8.24. The number of fused-ring (bicyclic) bond motifs is 1. The van der Waals surface area contributed by atoms with Crippen LogP contribution in [0.1, 0.15) is 34.9 Å². The fraction of sp³-hybridized carbons (Fsp3) is 0.208. The lowest BCUT2D eigenvalue weighted by molar-refractivity contribution is -0.132. The Labute approximate surface area is 179 Å². The number of aryl methyl sites for hydroxylation is 1. The summed E-state index contributed by atoms with van der Waals surface area (Å²) < 4.78 is 5.73. The van der Waals surface area contributed by atoms with E-state index < -0.39 is 0 Å². The van der Waals surface area contributed by atoms with Crippen LogP contribution in [0.2, 0.25) is 0 Å². The summed E-state index contributed by atoms with van der Waals surface area (Å²) in [6, 6.07) is 20.8. The first-order valence-corrected chi connectivity index (χ1v) is 11.0. The first-order chi connectivity index (χ1) is 14.8. The molecule has 0 bridgehead atoms. The molecule has 150 valence electrons. The van der Waals surface area contributed by atoms with Crippen LogP contribution in [0.4, 0.5) is 0 Å². The topological polar surface area (TPSA) is 59.2 Å². The molecule has 30 heavy (non-hydrogen) atoms. The number of hydrogen-bond acceptors (Lipinski definition) is 5. The van der Waals surface area contributed by atoms with Crippen molar-refractivity contribution < 1.29 is 9.21 Å². The van der Waals surface area contributed by atoms with Crippen molar-refractivity contribution in [2.24, 2.45) is 0 Å². The van der Waals surface area contributed by atoms with E-state index >= 15 is 0 Å². The van der Waals surface area contributed by atoms with Crippen LogP contribution in [0, 0.1) is 0 Å². The molecule has 1 aliphatic heterocycles. The van der Waals surface area contributed by atoms with Gasteiger partial charge in [0.15, 0.2) is 0 Å². The van der Waals surface area contributed by atoms with E-state index in [1.165, 1.54) is 16.7 Å². The molecule has 0 saturated carbocycles. The van der Waals surface area contributed by atoms with Crippen molar-refractivity contribution in [2.75, 3.05) is 6.54 Å². The van der Waals surface area contributed by atoms with Crippen molar-refractivity contribution in [3.63, 3.8) is 0 Å². The summed E-state index contributed by atoms with van der Waals surface area (Å²) >= 11 is 1.58. The standard InChI is InChI=1S/C24H21N3O2S/c28-23(11-10-22-25-26-24(29-22)19-12-13-30-16-19)27-14-18-8-4-5-9-20(18)21(15-27)17-6-2-1-3-7-17/h1-9,12-13,16,21H,10-11,14-15H2/t21-/m0/s1. The molecule has 5 rings (SSSR count). The smallest absolute Gasteiger partial charge is 0.248 e. The maximum absolute atomic E-state index is 13.0. The molecule has 1 atom stereocenters. The zero-order valence-corrected chi connectivity index (χ0v) is 17.2. The van der Waals surface area contributed by atoms with Gasteiger partial charge in [-0.1, -0.05) is 54.6 Å². The van der Waals surface area contributed by atoms with Crippen molar-refractivity contribution in [3.8, 4) is 11.5 Å². The molecular weight excluding hydrogens is 394 g/mol. The highest BCUT2D eigenvalue weighted by Crippen LogP contribution is 2.33. The minimum atomic E-state index is 0.112. The summed E-state index contributed by atoms with van der Waals surface area (Å²) in [5.74, 6) is 1.31. The van der Waals surface area contributed by atoms with Gasteiger partial charge < -0.3 is 9.32 Å². The highest BCUT2D eigenvalue weighted by atomic mass is 32.1. The first-order valence-electron chi connectivity index (χ1n) is 10.0. The van der Waals surface area contributed by atoms with Gasteiger partial charge in [-0.05, 0) is 28.1 Å². The molecule has 1 aliphatic rings. The van der Waals surface area contributed by atoms with Crippen LogP contribution in [0.3, 0.4) is 0 Å². The number of aromatic nitrogens is 2. The van der Waals surface area contributed by atoms with E-state index in [9.17, 15) is 4.79 Å². The van der Waals surface area contributed by atoms with Gasteiger partial charge in [-0.25, -0.2) is 0 Å². The van der Waals surface area contributed by atoms with Crippen LogP contribution >= 0.6 is 11.3 Å². The van der Waals surface area contributed by atoms with Gasteiger partial charge in [-0.3, -0.25) is 4.79 Å². The quantitative estimate of drug-likeness (QED) is 0.465. The van der Waals surface area contributed by atoms with Gasteiger partial charge in [0.25, 0.3) is 0 Å². The zero-order chi connectivity index (χ0) is 20.3. The van der Waals surface area contributed by atoms with E-state index in [1.54, 1.807) is 11.3 Å². The first kappa shape index (κ1) is 18.8. The minimum Gasteiger partial charge on any atom is -0.421 e. The molecule has 5 nitrogen and oxygen atoms in total. The molecule has 6 heteroatoms. The lowest BCUT2D eigenvalue weighted by Crippen LogP contribution is -2.38. The van der Waals surface area contributed by atoms with Crippen molar-refractivity contribution in [1.82, 2.24) is 15.1 Å². The van der Waals surface area contributed by atoms with E-state index in [0.717, 1.165) is 5.56 Å². The minimum absolute atomic E-state index is 0.112. The van der Waals surface area contributed by atoms with Crippen LogP contribution in [0.15, 0.2) is 75.8 Å². The number of hydrogen-bond donors (Lipinski definition) is 0. The number of rotatable bonds is 5. The largest absolute Gasteiger partial charge is 0.421 e. The van der Waals surface area contributed by atoms with Gasteiger partial charge in [-0.2, -0.15) is 11.3 Å². The summed E-state index contributed by atoms with van der Waals surface area (Å²) in [5.41, 5.74) is 4.68. The maximum Gasteiger partial charge on any atom is 0.248 e. The van der Waals surface area contributed by atoms with E-state index in [0.29, 0.717) is 37.7 Å². The van der Waals surface area contributed by atoms with Crippen molar-refractivity contribution in [1.29, 1.82) is 0 Å². The van der Waals surface area contributed by atoms with Gasteiger partial charge >= 0.3 is 0 Å². The Morgan fingerprint density at radius 2 is 1.90 bits per heavy atom. The van der Waals surface area contributed by atoms with Crippen LogP contribution in [0.25, 0.3) is 11.5 Å². The number of nitrogens with zero attached hydrogens (tertiary/aromatic N) is 3. The SMILES string of the molecule is O=C(CCc1nnc(-c2ccsc2)o1)N1Cc2ccccc2[C@H](c2ccccc2)C1. The molecule has 0 aliphatic carbocycles. The van der Waals surface area contributed by atoms with Crippen LogP contribution in [-0.4, -0.2) is 27.5 Å². The number of carbonyl (C=O) groups excluding carboxylic acids is 1. The van der Waals surface area contributed by atoms with Crippen molar-refractivity contribution in [3.05, 3.63) is 94.0 Å². The molecule has 3 heterocycles. The summed E-state index contributed by atoms with van der Waals surface area (Å²) in [4.78, 5) is 15.0. The predicted molar refractivity (Wildman–Crippen MR) is 116 cm³/mol. The van der Waals surface area contributed by atoms with Crippen LogP contribution < -0.4 is 0 Å². The number of benzene rings is 2. The highest BCUT2D eigenvalue weighted by molar-refractivity contribution is 7.08. The Morgan fingerprint density at radius 1 is 1.07 bits per heavy atom. The third-order valence-electron chi connectivity index (χ3n) is 5.54. The average Bonchev–Trinajstić information content (AvgIpc) is 3.49. The second-order valence-corrected chi connectivity index (χ2v) is 8.23. The third-order valence-corrected chi connectivity index (χ3v) is 6.22. The molecule has 0 N–H and O–H groups in total. The molecule has 0 spiro atoms. The summed E-state index contributed by atoms with van der Waals surface area (Å²) in [6.07, 6.45) is 0.805. The Bertz CT molecular complexity index is 1140. The van der Waals surface area contributed by atoms with Gasteiger partial charge in [0.2, 0.25) is 17.7 Å². The fourth-order valence-corrected chi connectivity index (χ4v) is 4.63. The van der Waals surface area contributed by atoms with Gasteiger partial charge in [-0.15, -0.1) is 10.2 Å². The van der Waals surface area contributed by atoms with E-state index in [-0.39, 0.29) is 11.8 Å². The summed E-state index contributed by atoms with van der Waals surface area (Å²) in [7, 11) is 0. The summed E-state index contributed by atoms with van der Waals surface area (Å²) in [5, 5.41) is 12.1. The van der Waals surface area contributed by atoms with Crippen molar-refractivity contribution in [2.45, 2.75) is 25.3 Å². The molecule has 2 aromatic heterocycles. The zero-order valence-electron chi connectivity index (χ0n) is 16.4. The van der Waals surface area contributed by atoms with E-state index in [1.807, 2.05) is 33.9 Å². The molecule has 0 radical (unpaired) electrons. The maximum atomic E-state index is 13.0. The number of carbonyl (C=O) groups is 1. The highest BCUT2D eigenvalue weighted by Gasteiger charge is 2.29. The van der Waals surface area contributed by atoms with Crippen molar-refractivity contribution >= 4 is 17.2 Å². The van der Waals surface area contributed by atoms with Crippen LogP contribution in [0.5, 0.6) is 0 Å². The third kappa shape index (κ3) is 3.78. The molecule has 4 aromatic rings. The van der Waals surface area contributed by atoms with Gasteiger partial charge in [0.1, 0.15) is 0 Å². The Hall–Kier alpha value is -3.25. The van der Waals surface area contributed by atoms with Gasteiger partial charge in [0.05, 0.1) is 0 Å². The van der Waals surface area contributed by atoms with Gasteiger partial charge in [0, 0.05) is 42.8 Å². The average molecular weight is 416 g/mol. The monoisotopic (exact) mass is 415 g/mol. The lowest BCUT2D eigenvalue weighted by Gasteiger charge is -2.35. The molecule has 1 amide bonds. The summed E-state index contributed by atoms with van der Waals surface area (Å²) in [6.45, 7) is 1.33. The van der Waals surface area contributed by atoms with E-state index in [2.05, 4.69) is 52.7 Å².